The van der Waals surface area contributed by atoms with E-state index >= 15 is 0 Å². The predicted octanol–water partition coefficient (Wildman–Crippen LogP) is 5.37. The standard InChI is InChI=1S/C22H17BrN4O5S/c1-32-19-8-3-2-7-18(19)27-33(30,31)15-6-4-5-13(11-15)21(28)26-25-20-16-12-14(23)9-10-17(16)24-22(20)29/h2-12,24,27,29H,1H3. The number of H-pyrrole nitrogens is 1. The number of aromatic nitrogens is 1. The van der Waals surface area contributed by atoms with E-state index in [0.717, 1.165) is 4.47 Å². The quantitative estimate of drug-likeness (QED) is 0.289. The van der Waals surface area contributed by atoms with Crippen molar-refractivity contribution < 1.29 is 23.1 Å². The van der Waals surface area contributed by atoms with Gasteiger partial charge in [0.05, 0.1) is 23.2 Å². The van der Waals surface area contributed by atoms with Crippen LogP contribution in [0.15, 0.2) is 86.3 Å². The lowest BCUT2D eigenvalue weighted by atomic mass is 10.2. The molecule has 4 rings (SSSR count). The van der Waals surface area contributed by atoms with Gasteiger partial charge in [0.1, 0.15) is 5.75 Å². The summed E-state index contributed by atoms with van der Waals surface area (Å²) in [7, 11) is -2.57. The minimum absolute atomic E-state index is 0.0159. The van der Waals surface area contributed by atoms with Crippen molar-refractivity contribution in [1.82, 2.24) is 4.98 Å². The highest BCUT2D eigenvalue weighted by atomic mass is 79.9. The molecule has 1 heterocycles. The molecule has 11 heteroatoms. The number of rotatable bonds is 6. The largest absolute Gasteiger partial charge is 0.495 e. The number of para-hydroxylation sites is 2. The minimum Gasteiger partial charge on any atom is -0.495 e. The smallest absolute Gasteiger partial charge is 0.295 e. The Morgan fingerprint density at radius 1 is 1.09 bits per heavy atom. The van der Waals surface area contributed by atoms with Crippen molar-refractivity contribution in [1.29, 1.82) is 0 Å². The highest BCUT2D eigenvalue weighted by Gasteiger charge is 2.19. The van der Waals surface area contributed by atoms with Crippen LogP contribution in [0.4, 0.5) is 11.4 Å². The van der Waals surface area contributed by atoms with Crippen LogP contribution in [0, 0.1) is 0 Å². The maximum atomic E-state index is 12.8. The number of hydrogen-bond donors (Lipinski definition) is 3. The molecule has 0 fully saturated rings. The van der Waals surface area contributed by atoms with Crippen LogP contribution in [0.1, 0.15) is 10.4 Å². The highest BCUT2D eigenvalue weighted by molar-refractivity contribution is 9.10. The van der Waals surface area contributed by atoms with Crippen LogP contribution in [0.3, 0.4) is 0 Å². The molecule has 1 amide bonds. The predicted molar refractivity (Wildman–Crippen MR) is 127 cm³/mol. The number of fused-ring (bicyclic) bond motifs is 1. The first kappa shape index (κ1) is 22.5. The molecule has 33 heavy (non-hydrogen) atoms. The maximum Gasteiger partial charge on any atom is 0.295 e. The van der Waals surface area contributed by atoms with Crippen molar-refractivity contribution in [2.24, 2.45) is 10.2 Å². The third-order valence-electron chi connectivity index (χ3n) is 4.70. The number of benzene rings is 3. The van der Waals surface area contributed by atoms with Gasteiger partial charge in [-0.1, -0.05) is 34.1 Å². The fourth-order valence-corrected chi connectivity index (χ4v) is 4.60. The van der Waals surface area contributed by atoms with Gasteiger partial charge in [-0.2, -0.15) is 0 Å². The van der Waals surface area contributed by atoms with Gasteiger partial charge in [-0.15, -0.1) is 10.2 Å². The molecule has 0 saturated heterocycles. The SMILES string of the molecule is COc1ccccc1NS(=O)(=O)c1cccc(C(=O)N=Nc2c(O)[nH]c3ccc(Br)cc23)c1. The Balaban J connectivity index is 1.61. The van der Waals surface area contributed by atoms with Gasteiger partial charge in [-0.05, 0) is 48.5 Å². The Hall–Kier alpha value is -3.70. The number of carbonyl (C=O) groups excluding carboxylic acids is 1. The van der Waals surface area contributed by atoms with E-state index in [1.165, 1.54) is 31.4 Å². The molecule has 1 aromatic heterocycles. The zero-order valence-electron chi connectivity index (χ0n) is 17.1. The number of halogens is 1. The molecular formula is C22H17BrN4O5S. The molecule has 0 aliphatic heterocycles. The lowest BCUT2D eigenvalue weighted by Crippen LogP contribution is -2.14. The molecule has 4 aromatic rings. The molecule has 0 radical (unpaired) electrons. The molecular weight excluding hydrogens is 512 g/mol. The van der Waals surface area contributed by atoms with Gasteiger partial charge in [0.25, 0.3) is 15.9 Å². The average molecular weight is 529 g/mol. The number of carbonyl (C=O) groups is 1. The van der Waals surface area contributed by atoms with Crippen LogP contribution < -0.4 is 9.46 Å². The van der Waals surface area contributed by atoms with Crippen LogP contribution in [0.2, 0.25) is 0 Å². The molecule has 3 aromatic carbocycles. The first-order valence-corrected chi connectivity index (χ1v) is 11.8. The number of nitrogens with zero attached hydrogens (tertiary/aromatic N) is 2. The number of sulfonamides is 1. The van der Waals surface area contributed by atoms with Gasteiger partial charge in [0.2, 0.25) is 5.88 Å². The van der Waals surface area contributed by atoms with Gasteiger partial charge in [-0.3, -0.25) is 9.52 Å². The summed E-state index contributed by atoms with van der Waals surface area (Å²) in [4.78, 5) is 15.2. The Kier molecular flexibility index (Phi) is 6.16. The van der Waals surface area contributed by atoms with E-state index in [1.54, 1.807) is 42.5 Å². The molecule has 0 atom stereocenters. The Bertz CT molecular complexity index is 1500. The highest BCUT2D eigenvalue weighted by Crippen LogP contribution is 2.37. The van der Waals surface area contributed by atoms with Crippen molar-refractivity contribution in [3.63, 3.8) is 0 Å². The number of ether oxygens (including phenoxy) is 1. The Morgan fingerprint density at radius 3 is 2.67 bits per heavy atom. The lowest BCUT2D eigenvalue weighted by Gasteiger charge is -2.11. The first-order valence-electron chi connectivity index (χ1n) is 9.50. The lowest BCUT2D eigenvalue weighted by molar-refractivity contribution is 0.0995. The average Bonchev–Trinajstić information content (AvgIpc) is 3.11. The summed E-state index contributed by atoms with van der Waals surface area (Å²) in [5, 5.41) is 18.2. The van der Waals surface area contributed by atoms with E-state index in [1.807, 2.05) is 0 Å². The summed E-state index contributed by atoms with van der Waals surface area (Å²) in [6.45, 7) is 0. The number of methoxy groups -OCH3 is 1. The van der Waals surface area contributed by atoms with Gasteiger partial charge in [0, 0.05) is 15.4 Å². The summed E-state index contributed by atoms with van der Waals surface area (Å²) in [5.74, 6) is -0.655. The van der Waals surface area contributed by atoms with Gasteiger partial charge in [-0.25, -0.2) is 8.42 Å². The summed E-state index contributed by atoms with van der Waals surface area (Å²) in [5.41, 5.74) is 0.994. The van der Waals surface area contributed by atoms with Crippen molar-refractivity contribution in [3.05, 3.63) is 76.8 Å². The normalized spacial score (nSPS) is 11.7. The number of nitrogens with one attached hydrogen (secondary N) is 2. The molecule has 0 unspecified atom stereocenters. The van der Waals surface area contributed by atoms with E-state index < -0.39 is 15.9 Å². The number of amides is 1. The van der Waals surface area contributed by atoms with Crippen molar-refractivity contribution >= 4 is 54.1 Å². The summed E-state index contributed by atoms with van der Waals surface area (Å²) < 4.78 is 34.1. The number of aromatic hydroxyl groups is 1. The van der Waals surface area contributed by atoms with E-state index in [-0.39, 0.29) is 27.7 Å². The number of anilines is 1. The van der Waals surface area contributed by atoms with Crippen LogP contribution in [-0.2, 0) is 10.0 Å². The van der Waals surface area contributed by atoms with E-state index in [2.05, 4.69) is 35.9 Å². The third kappa shape index (κ3) is 4.73. The number of hydrogen-bond acceptors (Lipinski definition) is 6. The van der Waals surface area contributed by atoms with Crippen LogP contribution in [0.5, 0.6) is 11.6 Å². The number of aromatic amines is 1. The maximum absolute atomic E-state index is 12.8. The molecule has 0 saturated carbocycles. The molecule has 0 bridgehead atoms. The zero-order valence-corrected chi connectivity index (χ0v) is 19.5. The van der Waals surface area contributed by atoms with Crippen LogP contribution >= 0.6 is 15.9 Å². The molecule has 3 N–H and O–H groups in total. The fraction of sp³-hybridized carbons (Fsp3) is 0.0455. The topological polar surface area (TPSA) is 133 Å². The second-order valence-electron chi connectivity index (χ2n) is 6.85. The monoisotopic (exact) mass is 528 g/mol. The van der Waals surface area contributed by atoms with Crippen LogP contribution in [0.25, 0.3) is 10.9 Å². The van der Waals surface area contributed by atoms with Crippen molar-refractivity contribution in [3.8, 4) is 11.6 Å². The minimum atomic E-state index is -4.01. The molecule has 0 aliphatic carbocycles. The van der Waals surface area contributed by atoms with Crippen molar-refractivity contribution in [2.75, 3.05) is 11.8 Å². The summed E-state index contributed by atoms with van der Waals surface area (Å²) in [6, 6.07) is 17.2. The molecule has 0 aliphatic rings. The van der Waals surface area contributed by atoms with E-state index in [4.69, 9.17) is 4.74 Å². The van der Waals surface area contributed by atoms with Gasteiger partial charge in [0.15, 0.2) is 5.69 Å². The fourth-order valence-electron chi connectivity index (χ4n) is 3.12. The second-order valence-corrected chi connectivity index (χ2v) is 9.45. The van der Waals surface area contributed by atoms with Crippen LogP contribution in [-0.4, -0.2) is 31.5 Å². The van der Waals surface area contributed by atoms with Crippen molar-refractivity contribution in [2.45, 2.75) is 4.90 Å². The Morgan fingerprint density at radius 2 is 1.88 bits per heavy atom. The Labute approximate surface area is 197 Å². The second kappa shape index (κ2) is 9.04. The molecule has 9 nitrogen and oxygen atoms in total. The number of azo groups is 1. The van der Waals surface area contributed by atoms with E-state index in [9.17, 15) is 18.3 Å². The summed E-state index contributed by atoms with van der Waals surface area (Å²) in [6.07, 6.45) is 0. The molecule has 0 spiro atoms. The zero-order chi connectivity index (χ0) is 23.6. The van der Waals surface area contributed by atoms with E-state index in [0.29, 0.717) is 16.7 Å². The summed E-state index contributed by atoms with van der Waals surface area (Å²) >= 11 is 3.35. The third-order valence-corrected chi connectivity index (χ3v) is 6.55. The van der Waals surface area contributed by atoms with Gasteiger partial charge < -0.3 is 14.8 Å². The molecule has 168 valence electrons. The first-order chi connectivity index (χ1) is 15.8. The van der Waals surface area contributed by atoms with Gasteiger partial charge >= 0.3 is 0 Å².